The predicted octanol–water partition coefficient (Wildman–Crippen LogP) is 3.43. The van der Waals surface area contributed by atoms with Gasteiger partial charge in [0, 0.05) is 0 Å². The maximum absolute atomic E-state index is 13.5. The number of benzene rings is 2. The molecule has 2 aromatic rings. The minimum atomic E-state index is -0.991. The van der Waals surface area contributed by atoms with Gasteiger partial charge in [0.2, 0.25) is 5.82 Å². The lowest BCUT2D eigenvalue weighted by Crippen LogP contribution is -2.29. The fourth-order valence-electron chi connectivity index (χ4n) is 1.79. The summed E-state index contributed by atoms with van der Waals surface area (Å²) >= 11 is 0. The highest BCUT2D eigenvalue weighted by Crippen LogP contribution is 2.24. The summed E-state index contributed by atoms with van der Waals surface area (Å²) in [5, 5.41) is 0. The van der Waals surface area contributed by atoms with Crippen LogP contribution in [0.1, 0.15) is 18.5 Å². The smallest absolute Gasteiger partial charge is 0.200 e. The van der Waals surface area contributed by atoms with Crippen molar-refractivity contribution in [2.24, 2.45) is 5.73 Å². The van der Waals surface area contributed by atoms with E-state index in [1.54, 1.807) is 6.92 Å². The van der Waals surface area contributed by atoms with E-state index in [1.807, 2.05) is 30.3 Å². The number of rotatable bonds is 4. The van der Waals surface area contributed by atoms with Crippen molar-refractivity contribution in [1.29, 1.82) is 0 Å². The van der Waals surface area contributed by atoms with E-state index in [4.69, 9.17) is 10.5 Å². The van der Waals surface area contributed by atoms with E-state index >= 15 is 0 Å². The summed E-state index contributed by atoms with van der Waals surface area (Å²) in [5.41, 5.74) is 6.91. The van der Waals surface area contributed by atoms with Crippen molar-refractivity contribution in [1.82, 2.24) is 0 Å². The second-order valence-electron chi connectivity index (χ2n) is 4.31. The Balaban J connectivity index is 2.13. The van der Waals surface area contributed by atoms with Crippen LogP contribution in [0.15, 0.2) is 48.5 Å². The first kappa shape index (κ1) is 13.5. The van der Waals surface area contributed by atoms with Gasteiger partial charge >= 0.3 is 0 Å². The molecule has 0 saturated heterocycles. The van der Waals surface area contributed by atoms with Gasteiger partial charge in [0.25, 0.3) is 0 Å². The zero-order chi connectivity index (χ0) is 13.8. The molecule has 0 aliphatic heterocycles. The van der Waals surface area contributed by atoms with E-state index in [-0.39, 0.29) is 5.75 Å². The van der Waals surface area contributed by atoms with Crippen LogP contribution in [0.3, 0.4) is 0 Å². The molecular formula is C15H15F2NO. The Morgan fingerprint density at radius 3 is 2.37 bits per heavy atom. The van der Waals surface area contributed by atoms with Gasteiger partial charge in [-0.2, -0.15) is 4.39 Å². The Bertz CT molecular complexity index is 545. The van der Waals surface area contributed by atoms with E-state index in [0.29, 0.717) is 0 Å². The minimum absolute atomic E-state index is 0.126. The zero-order valence-corrected chi connectivity index (χ0v) is 10.5. The van der Waals surface area contributed by atoms with Crippen LogP contribution in [-0.2, 0) is 0 Å². The first-order valence-corrected chi connectivity index (χ1v) is 6.01. The van der Waals surface area contributed by atoms with Gasteiger partial charge in [-0.15, -0.1) is 0 Å². The van der Waals surface area contributed by atoms with Crippen molar-refractivity contribution in [3.8, 4) is 5.75 Å². The first-order valence-electron chi connectivity index (χ1n) is 6.01. The van der Waals surface area contributed by atoms with E-state index < -0.39 is 23.8 Å². The molecule has 0 aromatic heterocycles. The van der Waals surface area contributed by atoms with Crippen molar-refractivity contribution in [2.45, 2.75) is 19.1 Å². The molecule has 0 fully saturated rings. The Morgan fingerprint density at radius 1 is 1.00 bits per heavy atom. The normalized spacial score (nSPS) is 13.9. The number of nitrogens with two attached hydrogens (primary N) is 1. The Labute approximate surface area is 110 Å². The van der Waals surface area contributed by atoms with Gasteiger partial charge in [0.05, 0.1) is 6.04 Å². The molecule has 2 unspecified atom stereocenters. The van der Waals surface area contributed by atoms with Gasteiger partial charge in [-0.05, 0) is 24.6 Å². The summed E-state index contributed by atoms with van der Waals surface area (Å²) in [6.07, 6.45) is -0.473. The topological polar surface area (TPSA) is 35.2 Å². The molecule has 2 aromatic carbocycles. The summed E-state index contributed by atoms with van der Waals surface area (Å²) in [6.45, 7) is 1.72. The molecule has 100 valence electrons. The molecule has 0 amide bonds. The van der Waals surface area contributed by atoms with Crippen LogP contribution in [0.4, 0.5) is 8.78 Å². The largest absolute Gasteiger partial charge is 0.486 e. The Morgan fingerprint density at radius 2 is 1.68 bits per heavy atom. The van der Waals surface area contributed by atoms with Gasteiger partial charge in [-0.3, -0.25) is 0 Å². The van der Waals surface area contributed by atoms with Crippen LogP contribution in [0, 0.1) is 11.6 Å². The van der Waals surface area contributed by atoms with Crippen LogP contribution in [0.2, 0.25) is 0 Å². The van der Waals surface area contributed by atoms with E-state index in [0.717, 1.165) is 11.6 Å². The van der Waals surface area contributed by atoms with E-state index in [2.05, 4.69) is 0 Å². The third-order valence-corrected chi connectivity index (χ3v) is 2.92. The summed E-state index contributed by atoms with van der Waals surface area (Å²) in [4.78, 5) is 0. The van der Waals surface area contributed by atoms with E-state index in [9.17, 15) is 8.78 Å². The lowest BCUT2D eigenvalue weighted by atomic mass is 10.0. The first-order chi connectivity index (χ1) is 9.09. The molecule has 2 rings (SSSR count). The average Bonchev–Trinajstić information content (AvgIpc) is 2.44. The highest BCUT2D eigenvalue weighted by atomic mass is 19.2. The van der Waals surface area contributed by atoms with Gasteiger partial charge in [-0.25, -0.2) is 4.39 Å². The summed E-state index contributed by atoms with van der Waals surface area (Å²) in [5.74, 6) is -2.05. The van der Waals surface area contributed by atoms with Crippen molar-refractivity contribution in [3.05, 3.63) is 65.7 Å². The molecule has 0 saturated carbocycles. The fraction of sp³-hybridized carbons (Fsp3) is 0.200. The third-order valence-electron chi connectivity index (χ3n) is 2.92. The fourth-order valence-corrected chi connectivity index (χ4v) is 1.79. The highest BCUT2D eigenvalue weighted by molar-refractivity contribution is 5.26. The second-order valence-corrected chi connectivity index (χ2v) is 4.31. The molecule has 0 aliphatic carbocycles. The molecule has 0 radical (unpaired) electrons. The van der Waals surface area contributed by atoms with Gasteiger partial charge in [0.15, 0.2) is 11.6 Å². The maximum atomic E-state index is 13.5. The Hall–Kier alpha value is -1.94. The minimum Gasteiger partial charge on any atom is -0.486 e. The lowest BCUT2D eigenvalue weighted by Gasteiger charge is -2.22. The van der Waals surface area contributed by atoms with Crippen molar-refractivity contribution in [3.63, 3.8) is 0 Å². The molecule has 0 bridgehead atoms. The van der Waals surface area contributed by atoms with Crippen molar-refractivity contribution >= 4 is 0 Å². The van der Waals surface area contributed by atoms with Crippen LogP contribution >= 0.6 is 0 Å². The molecule has 19 heavy (non-hydrogen) atoms. The SMILES string of the molecule is CC(Oc1cccc(F)c1F)C(N)c1ccccc1. The van der Waals surface area contributed by atoms with Crippen LogP contribution < -0.4 is 10.5 Å². The number of ether oxygens (including phenoxy) is 1. The number of hydrogen-bond donors (Lipinski definition) is 1. The Kier molecular flexibility index (Phi) is 4.12. The van der Waals surface area contributed by atoms with Gasteiger partial charge < -0.3 is 10.5 Å². The third kappa shape index (κ3) is 3.09. The molecule has 2 N–H and O–H groups in total. The van der Waals surface area contributed by atoms with Crippen LogP contribution in [0.5, 0.6) is 5.75 Å². The quantitative estimate of drug-likeness (QED) is 0.917. The molecule has 2 atom stereocenters. The zero-order valence-electron chi connectivity index (χ0n) is 10.5. The maximum Gasteiger partial charge on any atom is 0.200 e. The molecule has 2 nitrogen and oxygen atoms in total. The van der Waals surface area contributed by atoms with Gasteiger partial charge in [0.1, 0.15) is 6.10 Å². The summed E-state index contributed by atoms with van der Waals surface area (Å²) < 4.78 is 32.0. The molecule has 0 heterocycles. The van der Waals surface area contributed by atoms with Crippen molar-refractivity contribution in [2.75, 3.05) is 0 Å². The monoisotopic (exact) mass is 263 g/mol. The van der Waals surface area contributed by atoms with Crippen molar-refractivity contribution < 1.29 is 13.5 Å². The van der Waals surface area contributed by atoms with Gasteiger partial charge in [-0.1, -0.05) is 36.4 Å². The van der Waals surface area contributed by atoms with Crippen LogP contribution in [0.25, 0.3) is 0 Å². The molecule has 0 spiro atoms. The highest BCUT2D eigenvalue weighted by Gasteiger charge is 2.18. The summed E-state index contributed by atoms with van der Waals surface area (Å²) in [7, 11) is 0. The molecule has 0 aliphatic rings. The molecule has 4 heteroatoms. The predicted molar refractivity (Wildman–Crippen MR) is 69.8 cm³/mol. The number of halogens is 2. The van der Waals surface area contributed by atoms with Crippen LogP contribution in [-0.4, -0.2) is 6.10 Å². The van der Waals surface area contributed by atoms with E-state index in [1.165, 1.54) is 12.1 Å². The second kappa shape index (κ2) is 5.80. The summed E-state index contributed by atoms with van der Waals surface area (Å²) in [6, 6.07) is 12.8. The average molecular weight is 263 g/mol. The number of hydrogen-bond acceptors (Lipinski definition) is 2. The standard InChI is InChI=1S/C15H15F2NO/c1-10(15(18)11-6-3-2-4-7-11)19-13-9-5-8-12(16)14(13)17/h2-10,15H,18H2,1H3. The molecular weight excluding hydrogens is 248 g/mol. The lowest BCUT2D eigenvalue weighted by molar-refractivity contribution is 0.180.